The summed E-state index contributed by atoms with van der Waals surface area (Å²) in [6, 6.07) is 0. The second-order valence-corrected chi connectivity index (χ2v) is 8.24. The van der Waals surface area contributed by atoms with Crippen molar-refractivity contribution in [2.24, 2.45) is 5.73 Å². The zero-order valence-electron chi connectivity index (χ0n) is 21.7. The summed E-state index contributed by atoms with van der Waals surface area (Å²) in [5.74, 6) is 8.09. The quantitative estimate of drug-likeness (QED) is 0.0624. The first kappa shape index (κ1) is 32.7. The molecule has 0 rings (SSSR count). The van der Waals surface area contributed by atoms with Crippen LogP contribution in [-0.4, -0.2) is 37.3 Å². The van der Waals surface area contributed by atoms with Crippen molar-refractivity contribution in [3.05, 3.63) is 35.5 Å². The number of ether oxygens (including phenoxy) is 2. The summed E-state index contributed by atoms with van der Waals surface area (Å²) >= 11 is 0. The fraction of sp³-hybridized carbons (Fsp3) is 0.567. The van der Waals surface area contributed by atoms with E-state index in [4.69, 9.17) is 34.5 Å². The molecule has 36 heavy (non-hydrogen) atoms. The molecule has 0 aliphatic rings. The van der Waals surface area contributed by atoms with Crippen LogP contribution >= 0.6 is 0 Å². The van der Waals surface area contributed by atoms with Crippen LogP contribution in [0.15, 0.2) is 35.5 Å². The lowest BCUT2D eigenvalue weighted by Crippen LogP contribution is -2.26. The smallest absolute Gasteiger partial charge is 0.251 e. The number of allylic oxidation sites excluding steroid dienone is 1. The third-order valence-electron chi connectivity index (χ3n) is 5.16. The molecule has 6 heteroatoms. The van der Waals surface area contributed by atoms with Gasteiger partial charge in [-0.15, -0.1) is 37.0 Å². The van der Waals surface area contributed by atoms with Crippen LogP contribution in [0.5, 0.6) is 0 Å². The molecule has 0 fully saturated rings. The van der Waals surface area contributed by atoms with Crippen LogP contribution in [0.2, 0.25) is 0 Å². The molecule has 0 atom stereocenters. The monoisotopic (exact) mass is 496 g/mol. The number of aliphatic hydroxyl groups excluding tert-OH is 1. The number of rotatable bonds is 22. The first-order valence-electron chi connectivity index (χ1n) is 12.9. The van der Waals surface area contributed by atoms with Crippen LogP contribution in [0.1, 0.15) is 83.5 Å². The first-order chi connectivity index (χ1) is 17.6. The minimum atomic E-state index is -0.209. The highest BCUT2D eigenvalue weighted by atomic mass is 16.5. The fourth-order valence-corrected chi connectivity index (χ4v) is 3.12. The molecule has 4 N–H and O–H groups in total. The highest BCUT2D eigenvalue weighted by Gasteiger charge is 2.14. The van der Waals surface area contributed by atoms with Gasteiger partial charge in [0.15, 0.2) is 11.5 Å². The third-order valence-corrected chi connectivity index (χ3v) is 5.16. The summed E-state index contributed by atoms with van der Waals surface area (Å²) in [6.07, 6.45) is 30.6. The molecular weight excluding hydrogens is 452 g/mol. The Balaban J connectivity index is 5.58. The predicted octanol–water partition coefficient (Wildman–Crippen LogP) is 5.28. The Morgan fingerprint density at radius 3 is 1.94 bits per heavy atom. The Labute approximate surface area is 218 Å². The molecular formula is C30H44N2O4. The number of hydrogen-bond donors (Lipinski definition) is 3. The average Bonchev–Trinajstić information content (AvgIpc) is 2.88. The number of terminal acetylenes is 3. The van der Waals surface area contributed by atoms with Crippen molar-refractivity contribution in [2.75, 3.05) is 26.3 Å². The Kier molecular flexibility index (Phi) is 22.6. The molecule has 0 unspecified atom stereocenters. The van der Waals surface area contributed by atoms with Crippen LogP contribution < -0.4 is 11.1 Å². The lowest BCUT2D eigenvalue weighted by Gasteiger charge is -2.15. The number of carbonyl (C=O) groups excluding carboxylic acids is 1. The Morgan fingerprint density at radius 2 is 1.39 bits per heavy atom. The second-order valence-electron chi connectivity index (χ2n) is 8.24. The maximum Gasteiger partial charge on any atom is 0.251 e. The maximum atomic E-state index is 13.0. The molecule has 1 amide bonds. The highest BCUT2D eigenvalue weighted by Crippen LogP contribution is 2.19. The van der Waals surface area contributed by atoms with E-state index in [0.717, 1.165) is 64.0 Å². The summed E-state index contributed by atoms with van der Waals surface area (Å²) in [7, 11) is 0. The summed E-state index contributed by atoms with van der Waals surface area (Å²) in [5.41, 5.74) is 5.99. The standard InChI is InChI=1S/C30H44N2O4/c1-4-7-10-13-15-20-27(30(34)32-22-17-14-16-21-31)25-28(35-23-18-11-8-5-2)29(26-33)36-24-19-12-9-6-3/h1-3,20,25-26,33H,7-19,21-24,31H2,(H,32,34)/b27-20+,28-25+,29-26-. The lowest BCUT2D eigenvalue weighted by molar-refractivity contribution is -0.117. The van der Waals surface area contributed by atoms with Gasteiger partial charge in [0, 0.05) is 31.4 Å². The van der Waals surface area contributed by atoms with E-state index in [1.165, 1.54) is 0 Å². The molecule has 0 aliphatic heterocycles. The molecule has 0 aromatic carbocycles. The van der Waals surface area contributed by atoms with Crippen molar-refractivity contribution in [1.82, 2.24) is 5.32 Å². The number of nitrogens with two attached hydrogens (primary N) is 1. The van der Waals surface area contributed by atoms with Crippen molar-refractivity contribution in [3.63, 3.8) is 0 Å². The first-order valence-corrected chi connectivity index (χ1v) is 12.9. The van der Waals surface area contributed by atoms with Gasteiger partial charge >= 0.3 is 0 Å². The number of aliphatic hydroxyl groups is 1. The van der Waals surface area contributed by atoms with Crippen LogP contribution in [0.25, 0.3) is 0 Å². The van der Waals surface area contributed by atoms with Crippen LogP contribution in [-0.2, 0) is 14.3 Å². The van der Waals surface area contributed by atoms with Gasteiger partial charge in [0.25, 0.3) is 5.91 Å². The zero-order valence-corrected chi connectivity index (χ0v) is 21.7. The number of carbonyl (C=O) groups is 1. The molecule has 198 valence electrons. The molecule has 0 saturated heterocycles. The van der Waals surface area contributed by atoms with Gasteiger partial charge in [-0.05, 0) is 70.4 Å². The summed E-state index contributed by atoms with van der Waals surface area (Å²) in [5, 5.41) is 12.8. The van der Waals surface area contributed by atoms with Gasteiger partial charge in [-0.2, -0.15) is 0 Å². The van der Waals surface area contributed by atoms with E-state index in [1.54, 1.807) is 6.08 Å². The van der Waals surface area contributed by atoms with Crippen molar-refractivity contribution >= 4 is 5.91 Å². The molecule has 0 heterocycles. The Hall–Kier alpha value is -3.27. The van der Waals surface area contributed by atoms with E-state index in [-0.39, 0.29) is 11.7 Å². The van der Waals surface area contributed by atoms with Gasteiger partial charge < -0.3 is 25.6 Å². The van der Waals surface area contributed by atoms with Crippen molar-refractivity contribution in [1.29, 1.82) is 0 Å². The molecule has 0 radical (unpaired) electrons. The largest absolute Gasteiger partial charge is 0.512 e. The van der Waals surface area contributed by atoms with Crippen molar-refractivity contribution < 1.29 is 19.4 Å². The molecule has 0 bridgehead atoms. The second kappa shape index (κ2) is 24.8. The normalized spacial score (nSPS) is 11.8. The number of nitrogens with one attached hydrogen (secondary N) is 1. The molecule has 0 aliphatic carbocycles. The SMILES string of the molecule is C#CCCCC\C=C(/C=C(OCCCCC#C)\C(=C\O)OCCCCC#C)C(=O)NCCCCCN. The minimum absolute atomic E-state index is 0.168. The Bertz CT molecular complexity index is 806. The van der Waals surface area contributed by atoms with Crippen LogP contribution in [0.4, 0.5) is 0 Å². The van der Waals surface area contributed by atoms with E-state index in [1.807, 2.05) is 6.08 Å². The van der Waals surface area contributed by atoms with E-state index in [2.05, 4.69) is 23.1 Å². The average molecular weight is 497 g/mol. The maximum absolute atomic E-state index is 13.0. The number of hydrogen-bond acceptors (Lipinski definition) is 5. The van der Waals surface area contributed by atoms with Crippen LogP contribution in [0.3, 0.4) is 0 Å². The number of unbranched alkanes of at least 4 members (excludes halogenated alkanes) is 9. The molecule has 0 saturated carbocycles. The van der Waals surface area contributed by atoms with Crippen molar-refractivity contribution in [2.45, 2.75) is 83.5 Å². The molecule has 6 nitrogen and oxygen atoms in total. The summed E-state index contributed by atoms with van der Waals surface area (Å²) in [6.45, 7) is 1.93. The fourth-order valence-electron chi connectivity index (χ4n) is 3.12. The topological polar surface area (TPSA) is 93.8 Å². The van der Waals surface area contributed by atoms with Crippen LogP contribution in [0, 0.1) is 37.0 Å². The van der Waals surface area contributed by atoms with E-state index < -0.39 is 0 Å². The summed E-state index contributed by atoms with van der Waals surface area (Å²) in [4.78, 5) is 13.0. The summed E-state index contributed by atoms with van der Waals surface area (Å²) < 4.78 is 11.7. The molecule has 0 aromatic rings. The predicted molar refractivity (Wildman–Crippen MR) is 147 cm³/mol. The van der Waals surface area contributed by atoms with Crippen molar-refractivity contribution in [3.8, 4) is 37.0 Å². The van der Waals surface area contributed by atoms with Gasteiger partial charge in [-0.1, -0.05) is 12.5 Å². The van der Waals surface area contributed by atoms with E-state index in [0.29, 0.717) is 63.3 Å². The number of amides is 1. The molecule has 0 aromatic heterocycles. The lowest BCUT2D eigenvalue weighted by atomic mass is 10.1. The van der Waals surface area contributed by atoms with E-state index in [9.17, 15) is 9.90 Å². The van der Waals surface area contributed by atoms with Gasteiger partial charge in [-0.25, -0.2) is 0 Å². The molecule has 0 spiro atoms. The third kappa shape index (κ3) is 18.1. The minimum Gasteiger partial charge on any atom is -0.512 e. The van der Waals surface area contributed by atoms with Gasteiger partial charge in [0.05, 0.1) is 13.2 Å². The zero-order chi connectivity index (χ0) is 26.7. The van der Waals surface area contributed by atoms with E-state index >= 15 is 0 Å². The Morgan fingerprint density at radius 1 is 0.806 bits per heavy atom. The van der Waals surface area contributed by atoms with Gasteiger partial charge in [-0.3, -0.25) is 4.79 Å². The van der Waals surface area contributed by atoms with Gasteiger partial charge in [0.1, 0.15) is 6.26 Å². The highest BCUT2D eigenvalue weighted by molar-refractivity contribution is 5.96. The van der Waals surface area contributed by atoms with Gasteiger partial charge in [0.2, 0.25) is 0 Å².